The molecule has 0 aromatic heterocycles. The van der Waals surface area contributed by atoms with Crippen molar-refractivity contribution in [3.63, 3.8) is 0 Å². The molecule has 0 radical (unpaired) electrons. The Morgan fingerprint density at radius 2 is 2.06 bits per heavy atom. The van der Waals surface area contributed by atoms with Crippen molar-refractivity contribution < 1.29 is 14.7 Å². The molecule has 4 nitrogen and oxygen atoms in total. The van der Waals surface area contributed by atoms with Crippen molar-refractivity contribution in [3.8, 4) is 0 Å². The van der Waals surface area contributed by atoms with Crippen LogP contribution in [0.25, 0.3) is 0 Å². The first-order chi connectivity index (χ1) is 7.41. The molecule has 0 aliphatic carbocycles. The number of carbonyl (C=O) groups is 2. The molecule has 0 saturated carbocycles. The number of amides is 1. The molecule has 0 fully saturated rings. The van der Waals surface area contributed by atoms with Gasteiger partial charge in [-0.1, -0.05) is 0 Å². The molecule has 1 amide bonds. The van der Waals surface area contributed by atoms with Crippen molar-refractivity contribution in [2.24, 2.45) is 0 Å². The molecule has 0 atom stereocenters. The van der Waals surface area contributed by atoms with Gasteiger partial charge in [0.05, 0.1) is 0 Å². The molecule has 0 heterocycles. The van der Waals surface area contributed by atoms with E-state index >= 15 is 0 Å². The molecule has 0 aliphatic heterocycles. The van der Waals surface area contributed by atoms with Gasteiger partial charge in [0.25, 0.3) is 0 Å². The molecule has 1 N–H and O–H groups in total. The molecular weight excluding hydrogens is 321 g/mol. The molecule has 0 bridgehead atoms. The summed E-state index contributed by atoms with van der Waals surface area (Å²) >= 11 is 2.19. The highest BCUT2D eigenvalue weighted by atomic mass is 127. The van der Waals surface area contributed by atoms with Crippen LogP contribution in [0.1, 0.15) is 12.0 Å². The van der Waals surface area contributed by atoms with E-state index in [4.69, 9.17) is 5.11 Å². The lowest BCUT2D eigenvalue weighted by atomic mass is 10.2. The molecule has 0 aliphatic rings. The van der Waals surface area contributed by atoms with Crippen molar-refractivity contribution >= 4 is 40.2 Å². The van der Waals surface area contributed by atoms with E-state index in [0.717, 1.165) is 14.8 Å². The predicted octanol–water partition coefficient (Wildman–Crippen LogP) is 2.04. The summed E-state index contributed by atoms with van der Waals surface area (Å²) in [6.07, 6.45) is -0.484. The van der Waals surface area contributed by atoms with E-state index in [2.05, 4.69) is 22.6 Å². The summed E-state index contributed by atoms with van der Waals surface area (Å²) < 4.78 is 1.08. The van der Waals surface area contributed by atoms with Gasteiger partial charge in [-0.05, 0) is 53.3 Å². The number of hydrogen-bond acceptors (Lipinski definition) is 2. The number of carboxylic acids is 1. The minimum absolute atomic E-state index is 0.420. The molecular formula is C11H12INO3. The minimum Gasteiger partial charge on any atom is -0.481 e. The average molecular weight is 333 g/mol. The number of carboxylic acid groups (broad SMARTS) is 1. The number of hydrogen-bond donors (Lipinski definition) is 1. The lowest BCUT2D eigenvalue weighted by Crippen LogP contribution is -2.28. The van der Waals surface area contributed by atoms with Gasteiger partial charge in [0.2, 0.25) is 5.91 Å². The van der Waals surface area contributed by atoms with Gasteiger partial charge in [-0.2, -0.15) is 0 Å². The van der Waals surface area contributed by atoms with Crippen molar-refractivity contribution in [1.82, 2.24) is 0 Å². The molecule has 1 aromatic rings. The van der Waals surface area contributed by atoms with Crippen LogP contribution in [-0.4, -0.2) is 24.0 Å². The zero-order valence-electron chi connectivity index (χ0n) is 9.03. The second kappa shape index (κ2) is 5.29. The maximum absolute atomic E-state index is 11.5. The van der Waals surface area contributed by atoms with Crippen LogP contribution in [-0.2, 0) is 9.59 Å². The zero-order valence-corrected chi connectivity index (χ0v) is 11.2. The quantitative estimate of drug-likeness (QED) is 0.680. The highest BCUT2D eigenvalue weighted by molar-refractivity contribution is 14.1. The lowest BCUT2D eigenvalue weighted by Gasteiger charge is -2.18. The third kappa shape index (κ3) is 3.19. The van der Waals surface area contributed by atoms with E-state index in [1.807, 2.05) is 25.1 Å². The molecule has 0 saturated heterocycles. The van der Waals surface area contributed by atoms with Gasteiger partial charge in [-0.3, -0.25) is 9.59 Å². The Morgan fingerprint density at radius 3 is 2.56 bits per heavy atom. The number of rotatable bonds is 3. The first kappa shape index (κ1) is 13.0. The number of benzene rings is 1. The fourth-order valence-corrected chi connectivity index (χ4v) is 2.02. The number of halogens is 1. The summed E-state index contributed by atoms with van der Waals surface area (Å²) in [6, 6.07) is 5.64. The number of aliphatic carboxylic acids is 1. The highest BCUT2D eigenvalue weighted by Gasteiger charge is 2.15. The van der Waals surface area contributed by atoms with E-state index in [0.29, 0.717) is 0 Å². The van der Waals surface area contributed by atoms with Gasteiger partial charge in [-0.25, -0.2) is 0 Å². The van der Waals surface area contributed by atoms with Crippen LogP contribution in [0.3, 0.4) is 0 Å². The number of nitrogens with zero attached hydrogens (tertiary/aromatic N) is 1. The third-order valence-corrected chi connectivity index (χ3v) is 2.87. The van der Waals surface area contributed by atoms with E-state index in [1.165, 1.54) is 4.90 Å². The zero-order chi connectivity index (χ0) is 12.3. The normalized spacial score (nSPS) is 9.94. The Labute approximate surface area is 107 Å². The molecule has 1 rings (SSSR count). The maximum Gasteiger partial charge on any atom is 0.312 e. The number of aryl methyl sites for hydroxylation is 1. The van der Waals surface area contributed by atoms with Crippen LogP contribution in [0.4, 0.5) is 5.69 Å². The minimum atomic E-state index is -1.11. The van der Waals surface area contributed by atoms with Crippen molar-refractivity contribution in [3.05, 3.63) is 27.3 Å². The van der Waals surface area contributed by atoms with Crippen LogP contribution in [0.15, 0.2) is 18.2 Å². The molecule has 86 valence electrons. The Balaban J connectivity index is 2.91. The van der Waals surface area contributed by atoms with E-state index < -0.39 is 18.3 Å². The maximum atomic E-state index is 11.5. The summed E-state index contributed by atoms with van der Waals surface area (Å²) in [5.41, 5.74) is 1.69. The van der Waals surface area contributed by atoms with Crippen LogP contribution in [0.2, 0.25) is 0 Å². The van der Waals surface area contributed by atoms with Gasteiger partial charge in [0.15, 0.2) is 0 Å². The highest BCUT2D eigenvalue weighted by Crippen LogP contribution is 2.21. The third-order valence-electron chi connectivity index (χ3n) is 2.20. The van der Waals surface area contributed by atoms with E-state index in [1.54, 1.807) is 7.05 Å². The number of anilines is 1. The smallest absolute Gasteiger partial charge is 0.312 e. The summed E-state index contributed by atoms with van der Waals surface area (Å²) in [7, 11) is 1.58. The van der Waals surface area contributed by atoms with E-state index in [9.17, 15) is 9.59 Å². The monoisotopic (exact) mass is 333 g/mol. The molecule has 1 aromatic carbocycles. The standard InChI is InChI=1S/C11H12INO3/c1-7-5-8(12)3-4-9(7)13(2)10(14)6-11(15)16/h3-5H,6H2,1-2H3,(H,15,16). The summed E-state index contributed by atoms with van der Waals surface area (Å²) in [4.78, 5) is 23.3. The number of carbonyl (C=O) groups excluding carboxylic acids is 1. The van der Waals surface area contributed by atoms with Gasteiger partial charge < -0.3 is 10.0 Å². The molecule has 0 spiro atoms. The Bertz CT molecular complexity index is 431. The Hall–Kier alpha value is -1.11. The van der Waals surface area contributed by atoms with E-state index in [-0.39, 0.29) is 0 Å². The molecule has 16 heavy (non-hydrogen) atoms. The van der Waals surface area contributed by atoms with Crippen LogP contribution in [0, 0.1) is 10.5 Å². The Kier molecular flexibility index (Phi) is 4.28. The summed E-state index contributed by atoms with van der Waals surface area (Å²) in [5, 5.41) is 8.54. The lowest BCUT2D eigenvalue weighted by molar-refractivity contribution is -0.140. The van der Waals surface area contributed by atoms with Gasteiger partial charge in [-0.15, -0.1) is 0 Å². The predicted molar refractivity (Wildman–Crippen MR) is 69.6 cm³/mol. The molecule has 5 heteroatoms. The first-order valence-corrected chi connectivity index (χ1v) is 5.74. The van der Waals surface area contributed by atoms with Crippen LogP contribution in [0.5, 0.6) is 0 Å². The van der Waals surface area contributed by atoms with Gasteiger partial charge in [0, 0.05) is 16.3 Å². The second-order valence-electron chi connectivity index (χ2n) is 3.45. The van der Waals surface area contributed by atoms with Crippen LogP contribution >= 0.6 is 22.6 Å². The summed E-state index contributed by atoms with van der Waals surface area (Å²) in [5.74, 6) is -1.53. The summed E-state index contributed by atoms with van der Waals surface area (Å²) in [6.45, 7) is 1.89. The van der Waals surface area contributed by atoms with Crippen LogP contribution < -0.4 is 4.90 Å². The Morgan fingerprint density at radius 1 is 1.44 bits per heavy atom. The van der Waals surface area contributed by atoms with Crippen molar-refractivity contribution in [2.45, 2.75) is 13.3 Å². The topological polar surface area (TPSA) is 57.6 Å². The van der Waals surface area contributed by atoms with Crippen molar-refractivity contribution in [2.75, 3.05) is 11.9 Å². The largest absolute Gasteiger partial charge is 0.481 e. The fourth-order valence-electron chi connectivity index (χ4n) is 1.38. The van der Waals surface area contributed by atoms with Crippen molar-refractivity contribution in [1.29, 1.82) is 0 Å². The second-order valence-corrected chi connectivity index (χ2v) is 4.70. The fraction of sp³-hybridized carbons (Fsp3) is 0.273. The first-order valence-electron chi connectivity index (χ1n) is 4.66. The van der Waals surface area contributed by atoms with Gasteiger partial charge in [0.1, 0.15) is 6.42 Å². The SMILES string of the molecule is Cc1cc(I)ccc1N(C)C(=O)CC(=O)O. The molecule has 0 unspecified atom stereocenters. The average Bonchev–Trinajstić information content (AvgIpc) is 2.15. The van der Waals surface area contributed by atoms with Gasteiger partial charge >= 0.3 is 5.97 Å².